The van der Waals surface area contributed by atoms with Crippen molar-refractivity contribution in [2.24, 2.45) is 0 Å². The van der Waals surface area contributed by atoms with E-state index in [1.807, 2.05) is 12.1 Å². The summed E-state index contributed by atoms with van der Waals surface area (Å²) in [5.41, 5.74) is 1.79. The molecule has 8 heteroatoms. The minimum atomic E-state index is -3.10. The third kappa shape index (κ3) is 6.07. The second-order valence-corrected chi connectivity index (χ2v) is 8.06. The predicted molar refractivity (Wildman–Crippen MR) is 126 cm³/mol. The molecule has 4 nitrogen and oxygen atoms in total. The van der Waals surface area contributed by atoms with E-state index in [2.05, 4.69) is 21.6 Å². The average molecular weight is 484 g/mol. The number of halogens is 4. The molecular weight excluding hydrogens is 460 g/mol. The van der Waals surface area contributed by atoms with Gasteiger partial charge in [-0.2, -0.15) is 8.78 Å². The van der Waals surface area contributed by atoms with Gasteiger partial charge in [0.1, 0.15) is 5.82 Å². The Kier molecular flexibility index (Phi) is 7.80. The quantitative estimate of drug-likeness (QED) is 0.177. The van der Waals surface area contributed by atoms with Crippen molar-refractivity contribution in [3.05, 3.63) is 83.7 Å². The number of aromatic nitrogens is 2. The summed E-state index contributed by atoms with van der Waals surface area (Å²) in [6.45, 7) is -0.396. The summed E-state index contributed by atoms with van der Waals surface area (Å²) in [4.78, 5) is 8.71. The molecule has 0 unspecified atom stereocenters. The molecule has 0 saturated carbocycles. The molecule has 4 rings (SSSR count). The molecule has 0 atom stereocenters. The minimum Gasteiger partial charge on any atom is -0.490 e. The maximum absolute atomic E-state index is 15.2. The molecule has 1 heterocycles. The lowest BCUT2D eigenvalue weighted by atomic mass is 9.99. The highest BCUT2D eigenvalue weighted by molar-refractivity contribution is 5.87. The number of alkyl halides is 2. The number of nitrogens with zero attached hydrogens (tertiary/aromatic N) is 2. The Morgan fingerprint density at radius 1 is 0.914 bits per heavy atom. The number of benzene rings is 3. The SMILES string of the molecule is CCCCOc1cnc(-c2ccc3c(F)c(CCc4ccc(OC(F)F)c(F)c4)ccc3c2)nc1. The van der Waals surface area contributed by atoms with Gasteiger partial charge in [-0.15, -0.1) is 0 Å². The Morgan fingerprint density at radius 2 is 1.71 bits per heavy atom. The molecule has 0 fully saturated rings. The maximum atomic E-state index is 15.2. The number of aryl methyl sites for hydroxylation is 2. The molecule has 0 aliphatic carbocycles. The summed E-state index contributed by atoms with van der Waals surface area (Å²) in [6, 6.07) is 12.6. The van der Waals surface area contributed by atoms with Crippen molar-refractivity contribution in [2.45, 2.75) is 39.2 Å². The van der Waals surface area contributed by atoms with Crippen LogP contribution in [0.4, 0.5) is 17.6 Å². The van der Waals surface area contributed by atoms with Crippen molar-refractivity contribution in [3.63, 3.8) is 0 Å². The van der Waals surface area contributed by atoms with Crippen molar-refractivity contribution in [1.82, 2.24) is 9.97 Å². The van der Waals surface area contributed by atoms with Crippen molar-refractivity contribution in [1.29, 1.82) is 0 Å². The zero-order chi connectivity index (χ0) is 24.8. The van der Waals surface area contributed by atoms with Crippen LogP contribution in [0.15, 0.2) is 60.9 Å². The Hall–Kier alpha value is -3.68. The summed E-state index contributed by atoms with van der Waals surface area (Å²) < 4.78 is 63.4. The largest absolute Gasteiger partial charge is 0.490 e. The number of ether oxygens (including phenoxy) is 2. The Morgan fingerprint density at radius 3 is 2.43 bits per heavy atom. The molecule has 4 aromatic rings. The van der Waals surface area contributed by atoms with Crippen LogP contribution in [0.5, 0.6) is 11.5 Å². The molecular formula is C27H24F4N2O2. The molecule has 1 aromatic heterocycles. The van der Waals surface area contributed by atoms with Gasteiger partial charge in [-0.05, 0) is 54.0 Å². The topological polar surface area (TPSA) is 44.2 Å². The summed E-state index contributed by atoms with van der Waals surface area (Å²) in [5.74, 6) is -0.626. The van der Waals surface area contributed by atoms with E-state index in [0.717, 1.165) is 30.5 Å². The number of hydrogen-bond donors (Lipinski definition) is 0. The monoisotopic (exact) mass is 484 g/mol. The second kappa shape index (κ2) is 11.2. The van der Waals surface area contributed by atoms with Crippen LogP contribution >= 0.6 is 0 Å². The van der Waals surface area contributed by atoms with Crippen molar-refractivity contribution >= 4 is 10.8 Å². The Balaban J connectivity index is 1.47. The van der Waals surface area contributed by atoms with Crippen LogP contribution in [0.1, 0.15) is 30.9 Å². The molecule has 0 amide bonds. The van der Waals surface area contributed by atoms with E-state index < -0.39 is 18.2 Å². The lowest BCUT2D eigenvalue weighted by molar-refractivity contribution is -0.0522. The first-order valence-corrected chi connectivity index (χ1v) is 11.3. The van der Waals surface area contributed by atoms with E-state index in [4.69, 9.17) is 4.74 Å². The lowest BCUT2D eigenvalue weighted by Crippen LogP contribution is -2.04. The molecule has 0 aliphatic heterocycles. The molecule has 0 radical (unpaired) electrons. The first kappa shape index (κ1) is 24.4. The van der Waals surface area contributed by atoms with Crippen molar-refractivity contribution < 1.29 is 27.0 Å². The number of unbranched alkanes of at least 4 members (excludes halogenated alkanes) is 1. The number of fused-ring (bicyclic) bond motifs is 1. The van der Waals surface area contributed by atoms with Gasteiger partial charge in [0.2, 0.25) is 0 Å². The zero-order valence-electron chi connectivity index (χ0n) is 19.1. The van der Waals surface area contributed by atoms with Gasteiger partial charge in [-0.25, -0.2) is 18.7 Å². The first-order chi connectivity index (χ1) is 16.9. The highest BCUT2D eigenvalue weighted by Gasteiger charge is 2.13. The fourth-order valence-electron chi connectivity index (χ4n) is 3.71. The van der Waals surface area contributed by atoms with Gasteiger partial charge in [0.15, 0.2) is 23.1 Å². The van der Waals surface area contributed by atoms with E-state index in [0.29, 0.717) is 52.9 Å². The van der Waals surface area contributed by atoms with Crippen molar-refractivity contribution in [2.75, 3.05) is 6.61 Å². The van der Waals surface area contributed by atoms with Gasteiger partial charge in [-0.3, -0.25) is 0 Å². The zero-order valence-corrected chi connectivity index (χ0v) is 19.1. The van der Waals surface area contributed by atoms with Gasteiger partial charge >= 0.3 is 6.61 Å². The summed E-state index contributed by atoms with van der Waals surface area (Å²) in [6.07, 6.45) is 5.91. The average Bonchev–Trinajstić information content (AvgIpc) is 2.85. The highest BCUT2D eigenvalue weighted by Crippen LogP contribution is 2.28. The Bertz CT molecular complexity index is 1300. The summed E-state index contributed by atoms with van der Waals surface area (Å²) in [7, 11) is 0. The third-order valence-corrected chi connectivity index (χ3v) is 5.58. The van der Waals surface area contributed by atoms with Gasteiger partial charge in [0, 0.05) is 10.9 Å². The van der Waals surface area contributed by atoms with E-state index in [1.165, 1.54) is 6.07 Å². The Labute approximate surface area is 200 Å². The molecule has 0 bridgehead atoms. The van der Waals surface area contributed by atoms with Crippen molar-refractivity contribution in [3.8, 4) is 22.9 Å². The van der Waals surface area contributed by atoms with E-state index >= 15 is 4.39 Å². The van der Waals surface area contributed by atoms with Crippen LogP contribution in [0.25, 0.3) is 22.2 Å². The third-order valence-electron chi connectivity index (χ3n) is 5.58. The molecule has 182 valence electrons. The first-order valence-electron chi connectivity index (χ1n) is 11.3. The molecule has 0 aliphatic rings. The fraction of sp³-hybridized carbons (Fsp3) is 0.259. The smallest absolute Gasteiger partial charge is 0.387 e. The van der Waals surface area contributed by atoms with Crippen LogP contribution in [-0.2, 0) is 12.8 Å². The lowest BCUT2D eigenvalue weighted by Gasteiger charge is -2.10. The second-order valence-electron chi connectivity index (χ2n) is 8.06. The van der Waals surface area contributed by atoms with Crippen LogP contribution in [0.2, 0.25) is 0 Å². The molecule has 3 aromatic carbocycles. The van der Waals surface area contributed by atoms with E-state index in [9.17, 15) is 13.2 Å². The van der Waals surface area contributed by atoms with Crippen LogP contribution in [-0.4, -0.2) is 23.2 Å². The highest BCUT2D eigenvalue weighted by atomic mass is 19.3. The molecule has 0 N–H and O–H groups in total. The molecule has 35 heavy (non-hydrogen) atoms. The van der Waals surface area contributed by atoms with Gasteiger partial charge in [0.05, 0.1) is 19.0 Å². The van der Waals surface area contributed by atoms with Crippen LogP contribution in [0.3, 0.4) is 0 Å². The normalized spacial score (nSPS) is 11.3. The molecule has 0 spiro atoms. The van der Waals surface area contributed by atoms with E-state index in [-0.39, 0.29) is 5.82 Å². The molecule has 0 saturated heterocycles. The van der Waals surface area contributed by atoms with Crippen LogP contribution in [0, 0.1) is 11.6 Å². The standard InChI is InChI=1S/C27H24F4N2O2/c1-2-3-12-34-21-15-32-26(33-16-21)20-9-10-22-19(14-20)8-7-18(25(22)29)6-4-17-5-11-24(23(28)13-17)35-27(30)31/h5,7-11,13-16,27H,2-4,6,12H2,1H3. The van der Waals surface area contributed by atoms with Gasteiger partial charge in [0.25, 0.3) is 0 Å². The summed E-state index contributed by atoms with van der Waals surface area (Å²) >= 11 is 0. The minimum absolute atomic E-state index is 0.320. The number of rotatable bonds is 10. The number of hydrogen-bond acceptors (Lipinski definition) is 4. The fourth-order valence-corrected chi connectivity index (χ4v) is 3.71. The summed E-state index contributed by atoms with van der Waals surface area (Å²) in [5, 5.41) is 1.16. The maximum Gasteiger partial charge on any atom is 0.387 e. The van der Waals surface area contributed by atoms with E-state index in [1.54, 1.807) is 30.6 Å². The van der Waals surface area contributed by atoms with Crippen LogP contribution < -0.4 is 9.47 Å². The van der Waals surface area contributed by atoms with Gasteiger partial charge in [-0.1, -0.05) is 43.7 Å². The predicted octanol–water partition coefficient (Wildman–Crippen LogP) is 7.14. The van der Waals surface area contributed by atoms with Gasteiger partial charge < -0.3 is 9.47 Å².